The summed E-state index contributed by atoms with van der Waals surface area (Å²) in [5.74, 6) is 0.0115. The molecular formula is C23H24N2O3. The number of amides is 1. The number of ether oxygens (including phenoxy) is 1. The van der Waals surface area contributed by atoms with Crippen molar-refractivity contribution in [3.05, 3.63) is 70.0 Å². The first-order chi connectivity index (χ1) is 13.6. The van der Waals surface area contributed by atoms with Gasteiger partial charge in [0.15, 0.2) is 0 Å². The molecule has 1 fully saturated rings. The summed E-state index contributed by atoms with van der Waals surface area (Å²) in [4.78, 5) is 30.3. The van der Waals surface area contributed by atoms with E-state index in [1.165, 1.54) is 0 Å². The van der Waals surface area contributed by atoms with Crippen LogP contribution >= 0.6 is 0 Å². The average molecular weight is 376 g/mol. The molecule has 1 aromatic heterocycles. The third kappa shape index (κ3) is 3.34. The van der Waals surface area contributed by atoms with E-state index in [2.05, 4.69) is 4.98 Å². The van der Waals surface area contributed by atoms with Gasteiger partial charge in [-0.1, -0.05) is 30.3 Å². The molecule has 1 saturated heterocycles. The van der Waals surface area contributed by atoms with Crippen LogP contribution in [0.15, 0.2) is 53.3 Å². The predicted molar refractivity (Wildman–Crippen MR) is 111 cm³/mol. The standard InChI is InChI=1S/C23H24N2O3/c1-15-19-7-3-4-8-20(19)24-22(26)21(15)16-9-11-17(12-10-16)23(27)25-13-5-6-18(14-25)28-2/h3-4,7-12,18H,5-6,13-14H2,1-2H3,(H,24,26)/t18-/m1/s1. The van der Waals surface area contributed by atoms with Gasteiger partial charge < -0.3 is 14.6 Å². The van der Waals surface area contributed by atoms with Crippen LogP contribution < -0.4 is 5.56 Å². The summed E-state index contributed by atoms with van der Waals surface area (Å²) in [6, 6.07) is 15.1. The third-order valence-electron chi connectivity index (χ3n) is 5.60. The average Bonchev–Trinajstić information content (AvgIpc) is 2.74. The molecule has 144 valence electrons. The fourth-order valence-corrected chi connectivity index (χ4v) is 4.03. The molecule has 2 aromatic carbocycles. The Morgan fingerprint density at radius 3 is 2.64 bits per heavy atom. The lowest BCUT2D eigenvalue weighted by atomic mass is 9.97. The number of para-hydroxylation sites is 1. The van der Waals surface area contributed by atoms with Gasteiger partial charge in [-0.15, -0.1) is 0 Å². The predicted octanol–water partition coefficient (Wildman–Crippen LogP) is 3.75. The van der Waals surface area contributed by atoms with E-state index in [0.717, 1.165) is 41.4 Å². The normalized spacial score (nSPS) is 17.1. The first-order valence-electron chi connectivity index (χ1n) is 9.62. The SMILES string of the molecule is CO[C@@H]1CCCN(C(=O)c2ccc(-c3c(C)c4ccccc4[nH]c3=O)cc2)C1. The number of fused-ring (bicyclic) bond motifs is 1. The highest BCUT2D eigenvalue weighted by molar-refractivity contribution is 5.95. The molecule has 0 saturated carbocycles. The Bertz CT molecular complexity index is 1070. The lowest BCUT2D eigenvalue weighted by molar-refractivity contribution is 0.0269. The number of carbonyl (C=O) groups is 1. The van der Waals surface area contributed by atoms with Crippen LogP contribution in [0.2, 0.25) is 0 Å². The van der Waals surface area contributed by atoms with E-state index >= 15 is 0 Å². The van der Waals surface area contributed by atoms with Crippen molar-refractivity contribution in [1.82, 2.24) is 9.88 Å². The largest absolute Gasteiger partial charge is 0.380 e. The summed E-state index contributed by atoms with van der Waals surface area (Å²) in [6.07, 6.45) is 2.05. The van der Waals surface area contributed by atoms with Crippen molar-refractivity contribution >= 4 is 16.8 Å². The second-order valence-electron chi connectivity index (χ2n) is 7.33. The fraction of sp³-hybridized carbons (Fsp3) is 0.304. The molecule has 0 spiro atoms. The highest BCUT2D eigenvalue weighted by Crippen LogP contribution is 2.26. The Morgan fingerprint density at radius 1 is 1.14 bits per heavy atom. The molecule has 1 N–H and O–H groups in total. The molecule has 1 aliphatic heterocycles. The molecule has 3 aromatic rings. The topological polar surface area (TPSA) is 62.4 Å². The molecule has 28 heavy (non-hydrogen) atoms. The summed E-state index contributed by atoms with van der Waals surface area (Å²) < 4.78 is 5.41. The summed E-state index contributed by atoms with van der Waals surface area (Å²) in [5.41, 5.74) is 3.75. The maximum absolute atomic E-state index is 12.8. The Morgan fingerprint density at radius 2 is 1.89 bits per heavy atom. The number of aryl methyl sites for hydroxylation is 1. The van der Waals surface area contributed by atoms with Crippen molar-refractivity contribution in [2.24, 2.45) is 0 Å². The molecule has 2 heterocycles. The van der Waals surface area contributed by atoms with Crippen molar-refractivity contribution in [2.45, 2.75) is 25.9 Å². The van der Waals surface area contributed by atoms with Crippen LogP contribution in [-0.2, 0) is 4.74 Å². The van der Waals surface area contributed by atoms with Crippen molar-refractivity contribution in [1.29, 1.82) is 0 Å². The van der Waals surface area contributed by atoms with E-state index < -0.39 is 0 Å². The number of nitrogens with zero attached hydrogens (tertiary/aromatic N) is 1. The second-order valence-corrected chi connectivity index (χ2v) is 7.33. The van der Waals surface area contributed by atoms with Gasteiger partial charge in [0, 0.05) is 36.7 Å². The van der Waals surface area contributed by atoms with Crippen LogP contribution in [0.5, 0.6) is 0 Å². The Kier molecular flexibility index (Phi) is 5.01. The number of benzene rings is 2. The molecule has 5 nitrogen and oxygen atoms in total. The molecule has 0 radical (unpaired) electrons. The van der Waals surface area contributed by atoms with Crippen molar-refractivity contribution in [3.8, 4) is 11.1 Å². The van der Waals surface area contributed by atoms with Gasteiger partial charge >= 0.3 is 0 Å². The van der Waals surface area contributed by atoms with E-state index in [1.54, 1.807) is 7.11 Å². The maximum Gasteiger partial charge on any atom is 0.256 e. The van der Waals surface area contributed by atoms with Gasteiger partial charge in [0.05, 0.1) is 11.7 Å². The summed E-state index contributed by atoms with van der Waals surface area (Å²) >= 11 is 0. The van der Waals surface area contributed by atoms with Crippen LogP contribution in [0.25, 0.3) is 22.0 Å². The zero-order chi connectivity index (χ0) is 19.7. The molecular weight excluding hydrogens is 352 g/mol. The monoisotopic (exact) mass is 376 g/mol. The van der Waals surface area contributed by atoms with Crippen molar-refractivity contribution in [3.63, 3.8) is 0 Å². The number of aromatic nitrogens is 1. The van der Waals surface area contributed by atoms with E-state index in [1.807, 2.05) is 60.4 Å². The minimum atomic E-state index is -0.116. The molecule has 1 aliphatic rings. The van der Waals surface area contributed by atoms with E-state index in [-0.39, 0.29) is 17.6 Å². The number of likely N-dealkylation sites (tertiary alicyclic amines) is 1. The van der Waals surface area contributed by atoms with Gasteiger partial charge in [0.25, 0.3) is 11.5 Å². The molecule has 0 aliphatic carbocycles. The van der Waals surface area contributed by atoms with Crippen LogP contribution in [-0.4, -0.2) is 42.1 Å². The van der Waals surface area contributed by atoms with Crippen LogP contribution in [0, 0.1) is 6.92 Å². The Labute approximate surface area is 163 Å². The molecule has 1 amide bonds. The van der Waals surface area contributed by atoms with E-state index in [9.17, 15) is 9.59 Å². The van der Waals surface area contributed by atoms with Crippen LogP contribution in [0.3, 0.4) is 0 Å². The number of aromatic amines is 1. The minimum Gasteiger partial charge on any atom is -0.380 e. The number of hydrogen-bond acceptors (Lipinski definition) is 3. The number of rotatable bonds is 3. The highest BCUT2D eigenvalue weighted by Gasteiger charge is 2.24. The van der Waals surface area contributed by atoms with Crippen LogP contribution in [0.1, 0.15) is 28.8 Å². The number of nitrogens with one attached hydrogen (secondary N) is 1. The number of methoxy groups -OCH3 is 1. The lowest BCUT2D eigenvalue weighted by Gasteiger charge is -2.32. The summed E-state index contributed by atoms with van der Waals surface area (Å²) in [7, 11) is 1.69. The van der Waals surface area contributed by atoms with Gasteiger partial charge in [-0.2, -0.15) is 0 Å². The van der Waals surface area contributed by atoms with Crippen LogP contribution in [0.4, 0.5) is 0 Å². The van der Waals surface area contributed by atoms with E-state index in [0.29, 0.717) is 17.7 Å². The molecule has 5 heteroatoms. The Hall–Kier alpha value is -2.92. The molecule has 1 atom stereocenters. The Balaban J connectivity index is 1.64. The molecule has 4 rings (SSSR count). The lowest BCUT2D eigenvalue weighted by Crippen LogP contribution is -2.42. The zero-order valence-electron chi connectivity index (χ0n) is 16.2. The summed E-state index contributed by atoms with van der Waals surface area (Å²) in [6.45, 7) is 3.34. The van der Waals surface area contributed by atoms with Gasteiger partial charge in [0.1, 0.15) is 0 Å². The van der Waals surface area contributed by atoms with Gasteiger partial charge in [-0.25, -0.2) is 0 Å². The van der Waals surface area contributed by atoms with Gasteiger partial charge in [-0.3, -0.25) is 9.59 Å². The van der Waals surface area contributed by atoms with Crippen molar-refractivity contribution < 1.29 is 9.53 Å². The third-order valence-corrected chi connectivity index (χ3v) is 5.60. The second kappa shape index (κ2) is 7.60. The number of piperidine rings is 1. The quantitative estimate of drug-likeness (QED) is 0.757. The number of hydrogen-bond donors (Lipinski definition) is 1. The maximum atomic E-state index is 12.8. The zero-order valence-corrected chi connectivity index (χ0v) is 16.2. The first-order valence-corrected chi connectivity index (χ1v) is 9.62. The fourth-order valence-electron chi connectivity index (χ4n) is 4.03. The number of pyridine rings is 1. The number of carbonyl (C=O) groups excluding carboxylic acids is 1. The molecule has 0 bridgehead atoms. The van der Waals surface area contributed by atoms with E-state index in [4.69, 9.17) is 4.74 Å². The first kappa shape index (κ1) is 18.4. The highest BCUT2D eigenvalue weighted by atomic mass is 16.5. The van der Waals surface area contributed by atoms with Gasteiger partial charge in [-0.05, 0) is 49.1 Å². The number of H-pyrrole nitrogens is 1. The molecule has 0 unspecified atom stereocenters. The smallest absolute Gasteiger partial charge is 0.256 e. The summed E-state index contributed by atoms with van der Waals surface area (Å²) in [5, 5.41) is 1.02. The van der Waals surface area contributed by atoms with Gasteiger partial charge in [0.2, 0.25) is 0 Å². The van der Waals surface area contributed by atoms with Crippen molar-refractivity contribution in [2.75, 3.05) is 20.2 Å². The minimum absolute atomic E-state index is 0.0115.